The van der Waals surface area contributed by atoms with Crippen molar-refractivity contribution in [2.24, 2.45) is 62.1 Å². The third kappa shape index (κ3) is 5.99. The minimum absolute atomic E-state index is 0.0199. The van der Waals surface area contributed by atoms with Gasteiger partial charge in [-0.15, -0.1) is 0 Å². The molecule has 0 unspecified atom stereocenters. The van der Waals surface area contributed by atoms with Gasteiger partial charge in [-0.1, -0.05) is 46.8 Å². The Balaban J connectivity index is 1.23. The van der Waals surface area contributed by atoms with Crippen molar-refractivity contribution >= 4 is 23.8 Å². The summed E-state index contributed by atoms with van der Waals surface area (Å²) in [5.41, 5.74) is 0.428. The van der Waals surface area contributed by atoms with E-state index in [4.69, 9.17) is 4.74 Å². The van der Waals surface area contributed by atoms with Crippen LogP contribution in [-0.2, 0) is 23.9 Å². The Bertz CT molecular complexity index is 1450. The summed E-state index contributed by atoms with van der Waals surface area (Å²) in [7, 11) is 0. The van der Waals surface area contributed by atoms with Crippen LogP contribution in [0.4, 0.5) is 0 Å². The number of carbonyl (C=O) groups excluding carboxylic acids is 3. The highest BCUT2D eigenvalue weighted by Crippen LogP contribution is 2.78. The van der Waals surface area contributed by atoms with Crippen LogP contribution in [0.25, 0.3) is 0 Å². The van der Waals surface area contributed by atoms with E-state index in [9.17, 15) is 24.3 Å². The Labute approximate surface area is 307 Å². The van der Waals surface area contributed by atoms with Crippen LogP contribution in [0, 0.1) is 62.1 Å². The molecule has 8 nitrogen and oxygen atoms in total. The zero-order valence-electron chi connectivity index (χ0n) is 33.4. The molecule has 6 fully saturated rings. The first-order valence-electron chi connectivity index (χ1n) is 20.2. The molecule has 5 saturated carbocycles. The van der Waals surface area contributed by atoms with Crippen molar-refractivity contribution in [2.45, 2.75) is 145 Å². The van der Waals surface area contributed by atoms with E-state index in [1.165, 1.54) is 24.8 Å². The van der Waals surface area contributed by atoms with E-state index in [0.717, 1.165) is 44.9 Å². The van der Waals surface area contributed by atoms with E-state index in [0.29, 0.717) is 62.2 Å². The van der Waals surface area contributed by atoms with E-state index in [2.05, 4.69) is 48.1 Å². The first-order valence-corrected chi connectivity index (χ1v) is 20.2. The molecule has 1 aliphatic heterocycles. The molecule has 5 aliphatic carbocycles. The first kappa shape index (κ1) is 38.3. The summed E-state index contributed by atoms with van der Waals surface area (Å²) < 4.78 is 6.18. The lowest BCUT2D eigenvalue weighted by molar-refractivity contribution is -0.250. The minimum Gasteiger partial charge on any atom is -0.481 e. The lowest BCUT2D eigenvalue weighted by Gasteiger charge is -2.73. The summed E-state index contributed by atoms with van der Waals surface area (Å²) in [4.78, 5) is 54.8. The Kier molecular flexibility index (Phi) is 9.69. The number of carboxylic acid groups (broad SMARTS) is 1. The Hall–Kier alpha value is -2.38. The predicted octanol–water partition coefficient (Wildman–Crippen LogP) is 8.14. The second kappa shape index (κ2) is 12.9. The molecule has 0 aromatic rings. The average Bonchev–Trinajstić information content (AvgIpc) is 3.42. The number of hydrogen-bond donors (Lipinski definition) is 1. The molecule has 2 amide bonds. The molecule has 1 N–H and O–H groups in total. The third-order valence-corrected chi connectivity index (χ3v) is 17.2. The number of hydrogen-bond acceptors (Lipinski definition) is 5. The van der Waals surface area contributed by atoms with Crippen molar-refractivity contribution in [1.29, 1.82) is 0 Å². The summed E-state index contributed by atoms with van der Waals surface area (Å²) in [6, 6.07) is 0. The number of fused-ring (bicyclic) bond motifs is 7. The Morgan fingerprint density at radius 3 is 2.04 bits per heavy atom. The normalized spacial score (nSPS) is 41.7. The second-order valence-electron chi connectivity index (χ2n) is 20.3. The van der Waals surface area contributed by atoms with Crippen molar-refractivity contribution in [3.63, 3.8) is 0 Å². The summed E-state index contributed by atoms with van der Waals surface area (Å²) in [6.07, 6.45) is 11.3. The van der Waals surface area contributed by atoms with Crippen molar-refractivity contribution < 1.29 is 29.0 Å². The van der Waals surface area contributed by atoms with Gasteiger partial charge in [0.05, 0.1) is 11.8 Å². The van der Waals surface area contributed by atoms with Crippen molar-refractivity contribution in [2.75, 3.05) is 26.2 Å². The van der Waals surface area contributed by atoms with Crippen molar-refractivity contribution in [3.05, 3.63) is 12.2 Å². The molecule has 0 spiro atoms. The number of rotatable bonds is 7. The van der Waals surface area contributed by atoms with Gasteiger partial charge in [-0.25, -0.2) is 0 Å². The van der Waals surface area contributed by atoms with Crippen LogP contribution in [-0.4, -0.2) is 70.9 Å². The summed E-state index contributed by atoms with van der Waals surface area (Å²) in [6.45, 7) is 26.6. The van der Waals surface area contributed by atoms with E-state index in [-0.39, 0.29) is 51.4 Å². The molecule has 0 bridgehead atoms. The molecule has 1 heterocycles. The maximum Gasteiger partial charge on any atom is 0.309 e. The molecule has 51 heavy (non-hydrogen) atoms. The Morgan fingerprint density at radius 1 is 0.784 bits per heavy atom. The van der Waals surface area contributed by atoms with Crippen LogP contribution in [0.5, 0.6) is 0 Å². The fourth-order valence-electron chi connectivity index (χ4n) is 14.1. The molecule has 6 aliphatic rings. The molecule has 1 saturated heterocycles. The monoisotopic (exact) mass is 709 g/mol. The SMILES string of the molecule is C=C(C)[C@@H]1CC[C@]2(CC(=O)N3CCN(C(C)=O)CC3)CC[C@]3(C)[C@H](CC[C@@H]4[C@@]5(C)CC[C@H](OC(=O)CC(C)(C)C(=O)O)C(C)(C)[C@@H]5CC[C@]43C)[C@@H]12. The minimum atomic E-state index is -1.15. The molecular weight excluding hydrogens is 640 g/mol. The van der Waals surface area contributed by atoms with Gasteiger partial charge in [0.1, 0.15) is 6.10 Å². The highest BCUT2D eigenvalue weighted by molar-refractivity contribution is 5.81. The van der Waals surface area contributed by atoms with Crippen LogP contribution in [0.3, 0.4) is 0 Å². The van der Waals surface area contributed by atoms with Gasteiger partial charge in [0, 0.05) is 44.9 Å². The van der Waals surface area contributed by atoms with Gasteiger partial charge < -0.3 is 19.6 Å². The number of aliphatic carboxylic acids is 1. The van der Waals surface area contributed by atoms with E-state index >= 15 is 0 Å². The van der Waals surface area contributed by atoms with Gasteiger partial charge in [-0.3, -0.25) is 19.2 Å². The summed E-state index contributed by atoms with van der Waals surface area (Å²) >= 11 is 0. The molecule has 10 atom stereocenters. The standard InChI is InChI=1S/C43H68N2O6/c1-27(2)29-13-18-43(25-34(47)45-23-21-44(22-24-45)28(3)46)20-19-41(9)30(36(29)43)11-12-32-40(8)16-15-33(51-35(48)26-38(4,5)37(49)50)39(6,7)31(40)14-17-42(32,41)10/h29-33,36H,1,11-26H2,2-10H3,(H,49,50)/t29-,30+,31-,32+,33-,36+,40-,41+,42+,43+/m0/s1. The highest BCUT2D eigenvalue weighted by atomic mass is 16.5. The molecule has 0 aromatic heterocycles. The zero-order chi connectivity index (χ0) is 37.5. The van der Waals surface area contributed by atoms with E-state index < -0.39 is 17.4 Å². The van der Waals surface area contributed by atoms with Gasteiger partial charge in [0.25, 0.3) is 0 Å². The second-order valence-corrected chi connectivity index (χ2v) is 20.3. The predicted molar refractivity (Wildman–Crippen MR) is 198 cm³/mol. The summed E-state index contributed by atoms with van der Waals surface area (Å²) in [5, 5.41) is 9.61. The first-order chi connectivity index (χ1) is 23.6. The maximum absolute atomic E-state index is 14.1. The lowest BCUT2D eigenvalue weighted by Crippen LogP contribution is -2.67. The van der Waals surface area contributed by atoms with Gasteiger partial charge in [0.2, 0.25) is 11.8 Å². The number of piperazine rings is 1. The van der Waals surface area contributed by atoms with Crippen molar-refractivity contribution in [1.82, 2.24) is 9.80 Å². The number of carboxylic acids is 1. The lowest BCUT2D eigenvalue weighted by atomic mass is 9.32. The van der Waals surface area contributed by atoms with Gasteiger partial charge in [0.15, 0.2) is 0 Å². The van der Waals surface area contributed by atoms with Gasteiger partial charge in [-0.05, 0) is 136 Å². The van der Waals surface area contributed by atoms with Crippen LogP contribution in [0.15, 0.2) is 12.2 Å². The number of nitrogens with zero attached hydrogens (tertiary/aromatic N) is 2. The van der Waals surface area contributed by atoms with E-state index in [1.54, 1.807) is 20.8 Å². The van der Waals surface area contributed by atoms with Crippen LogP contribution >= 0.6 is 0 Å². The molecule has 0 radical (unpaired) electrons. The highest BCUT2D eigenvalue weighted by Gasteiger charge is 2.71. The fourth-order valence-corrected chi connectivity index (χ4v) is 14.1. The van der Waals surface area contributed by atoms with Crippen LogP contribution in [0.2, 0.25) is 0 Å². The molecule has 6 rings (SSSR count). The van der Waals surface area contributed by atoms with Crippen molar-refractivity contribution in [3.8, 4) is 0 Å². The van der Waals surface area contributed by atoms with Gasteiger partial charge in [-0.2, -0.15) is 0 Å². The molecule has 286 valence electrons. The van der Waals surface area contributed by atoms with E-state index in [1.807, 2.05) is 9.80 Å². The number of esters is 1. The maximum atomic E-state index is 14.1. The zero-order valence-corrected chi connectivity index (χ0v) is 33.4. The molecule has 8 heteroatoms. The molecule has 0 aromatic carbocycles. The summed E-state index contributed by atoms with van der Waals surface area (Å²) in [5.74, 6) is 1.48. The fraction of sp³-hybridized carbons (Fsp3) is 0.860. The smallest absolute Gasteiger partial charge is 0.309 e. The van der Waals surface area contributed by atoms with Gasteiger partial charge >= 0.3 is 11.9 Å². The third-order valence-electron chi connectivity index (χ3n) is 17.2. The average molecular weight is 709 g/mol. The number of allylic oxidation sites excluding steroid dienone is 1. The quantitative estimate of drug-likeness (QED) is 0.212. The Morgan fingerprint density at radius 2 is 1.43 bits per heavy atom. The largest absolute Gasteiger partial charge is 0.481 e. The number of amides is 2. The topological polar surface area (TPSA) is 104 Å². The van der Waals surface area contributed by atoms with Crippen LogP contribution < -0.4 is 0 Å². The molecular formula is C43H68N2O6. The number of ether oxygens (including phenoxy) is 1. The van der Waals surface area contributed by atoms with Crippen LogP contribution in [0.1, 0.15) is 139 Å². The number of carbonyl (C=O) groups is 4.